The van der Waals surface area contributed by atoms with Crippen molar-refractivity contribution >= 4 is 0 Å². The van der Waals surface area contributed by atoms with Gasteiger partial charge in [-0.05, 0) is 64.3 Å². The maximum atomic E-state index is 13.5. The Labute approximate surface area is 116 Å². The molecule has 0 atom stereocenters. The van der Waals surface area contributed by atoms with E-state index in [4.69, 9.17) is 4.74 Å². The molecule has 19 heavy (non-hydrogen) atoms. The molecule has 0 bridgehead atoms. The molecule has 0 saturated heterocycles. The van der Waals surface area contributed by atoms with Crippen LogP contribution in [0, 0.1) is 5.82 Å². The smallest absolute Gasteiger partial charge is 0.165 e. The fourth-order valence-electron chi connectivity index (χ4n) is 1.96. The molecule has 0 radical (unpaired) electrons. The minimum Gasteiger partial charge on any atom is -0.494 e. The predicted molar refractivity (Wildman–Crippen MR) is 78.3 cm³/mol. The lowest BCUT2D eigenvalue weighted by Crippen LogP contribution is -2.36. The van der Waals surface area contributed by atoms with Gasteiger partial charge in [-0.25, -0.2) is 4.39 Å². The second-order valence-electron chi connectivity index (χ2n) is 5.96. The van der Waals surface area contributed by atoms with Crippen LogP contribution in [0.5, 0.6) is 5.75 Å². The molecule has 1 rings (SSSR count). The first kappa shape index (κ1) is 16.0. The Hall–Kier alpha value is -1.09. The van der Waals surface area contributed by atoms with E-state index in [1.165, 1.54) is 7.11 Å². The number of rotatable bonds is 7. The fraction of sp³-hybridized carbons (Fsp3) is 0.625. The highest BCUT2D eigenvalue weighted by atomic mass is 19.1. The molecule has 0 amide bonds. The van der Waals surface area contributed by atoms with Gasteiger partial charge in [0.15, 0.2) is 11.6 Å². The second-order valence-corrected chi connectivity index (χ2v) is 5.96. The summed E-state index contributed by atoms with van der Waals surface area (Å²) in [6.45, 7) is 7.56. The number of methoxy groups -OCH3 is 1. The average molecular weight is 267 g/mol. The normalized spacial score (nSPS) is 11.6. The van der Waals surface area contributed by atoms with Crippen LogP contribution in [0.1, 0.15) is 45.6 Å². The Morgan fingerprint density at radius 3 is 2.47 bits per heavy atom. The lowest BCUT2D eigenvalue weighted by molar-refractivity contribution is 0.386. The molecule has 3 heteroatoms. The molecule has 0 aliphatic carbocycles. The summed E-state index contributed by atoms with van der Waals surface area (Å²) in [5.41, 5.74) is 1.24. The van der Waals surface area contributed by atoms with Gasteiger partial charge in [-0.1, -0.05) is 12.5 Å². The van der Waals surface area contributed by atoms with E-state index >= 15 is 0 Å². The van der Waals surface area contributed by atoms with Gasteiger partial charge in [-0.3, -0.25) is 0 Å². The van der Waals surface area contributed by atoms with Crippen molar-refractivity contribution in [2.24, 2.45) is 0 Å². The van der Waals surface area contributed by atoms with Crippen LogP contribution in [0.15, 0.2) is 18.2 Å². The van der Waals surface area contributed by atoms with Crippen LogP contribution < -0.4 is 10.1 Å². The molecule has 0 saturated carbocycles. The van der Waals surface area contributed by atoms with Crippen molar-refractivity contribution in [3.8, 4) is 5.75 Å². The predicted octanol–water partition coefficient (Wildman–Crippen LogP) is 3.94. The van der Waals surface area contributed by atoms with Gasteiger partial charge in [0.2, 0.25) is 0 Å². The lowest BCUT2D eigenvalue weighted by atomic mass is 10.1. The van der Waals surface area contributed by atoms with E-state index in [2.05, 4.69) is 26.1 Å². The summed E-state index contributed by atoms with van der Waals surface area (Å²) < 4.78 is 18.4. The Kier molecular flexibility index (Phi) is 6.29. The number of halogens is 1. The molecule has 0 aromatic heterocycles. The number of aryl methyl sites for hydroxylation is 1. The first-order chi connectivity index (χ1) is 8.92. The van der Waals surface area contributed by atoms with Gasteiger partial charge in [0.25, 0.3) is 0 Å². The number of ether oxygens (including phenoxy) is 1. The third-order valence-corrected chi connectivity index (χ3v) is 3.01. The molecule has 2 nitrogen and oxygen atoms in total. The largest absolute Gasteiger partial charge is 0.494 e. The van der Waals surface area contributed by atoms with Crippen molar-refractivity contribution in [2.75, 3.05) is 13.7 Å². The minimum absolute atomic E-state index is 0.194. The summed E-state index contributed by atoms with van der Waals surface area (Å²) in [5, 5.41) is 3.47. The highest BCUT2D eigenvalue weighted by Gasteiger charge is 2.07. The molecule has 1 aromatic carbocycles. The maximum Gasteiger partial charge on any atom is 0.165 e. The Morgan fingerprint density at radius 1 is 1.16 bits per heavy atom. The first-order valence-corrected chi connectivity index (χ1v) is 7.00. The van der Waals surface area contributed by atoms with Gasteiger partial charge >= 0.3 is 0 Å². The van der Waals surface area contributed by atoms with Crippen LogP contribution in [0.25, 0.3) is 0 Å². The molecule has 108 valence electrons. The summed E-state index contributed by atoms with van der Waals surface area (Å²) in [6.07, 6.45) is 4.35. The van der Waals surface area contributed by atoms with E-state index in [9.17, 15) is 4.39 Å². The van der Waals surface area contributed by atoms with E-state index in [-0.39, 0.29) is 11.4 Å². The molecule has 0 spiro atoms. The summed E-state index contributed by atoms with van der Waals surface area (Å²) in [5.74, 6) is 0.0486. The third kappa shape index (κ3) is 6.58. The summed E-state index contributed by atoms with van der Waals surface area (Å²) in [7, 11) is 1.49. The van der Waals surface area contributed by atoms with Gasteiger partial charge in [0.1, 0.15) is 0 Å². The molecule has 0 aliphatic rings. The van der Waals surface area contributed by atoms with Gasteiger partial charge < -0.3 is 10.1 Å². The van der Waals surface area contributed by atoms with Crippen molar-refractivity contribution in [3.63, 3.8) is 0 Å². The zero-order chi connectivity index (χ0) is 14.3. The molecule has 1 aromatic rings. The van der Waals surface area contributed by atoms with Gasteiger partial charge in [-0.15, -0.1) is 0 Å². The van der Waals surface area contributed by atoms with Crippen molar-refractivity contribution in [1.29, 1.82) is 0 Å². The number of unbranched alkanes of at least 4 members (excludes halogenated alkanes) is 2. The van der Waals surface area contributed by atoms with Crippen LogP contribution in [0.3, 0.4) is 0 Å². The topological polar surface area (TPSA) is 21.3 Å². The number of nitrogens with one attached hydrogen (secondary N) is 1. The summed E-state index contributed by atoms with van der Waals surface area (Å²) in [4.78, 5) is 0. The first-order valence-electron chi connectivity index (χ1n) is 7.00. The van der Waals surface area contributed by atoms with E-state index in [0.29, 0.717) is 5.75 Å². The van der Waals surface area contributed by atoms with Crippen molar-refractivity contribution in [1.82, 2.24) is 5.32 Å². The van der Waals surface area contributed by atoms with Crippen molar-refractivity contribution in [2.45, 2.75) is 52.0 Å². The highest BCUT2D eigenvalue weighted by Crippen LogP contribution is 2.18. The quantitative estimate of drug-likeness (QED) is 0.756. The molecule has 0 heterocycles. The standard InChI is InChI=1S/C16H26FNO/c1-16(2,3)18-11-7-5-6-8-13-9-10-15(19-4)14(17)12-13/h9-10,12,18H,5-8,11H2,1-4H3. The minimum atomic E-state index is -0.269. The van der Waals surface area contributed by atoms with Crippen molar-refractivity contribution in [3.05, 3.63) is 29.6 Å². The highest BCUT2D eigenvalue weighted by molar-refractivity contribution is 5.29. The Bertz CT molecular complexity index is 385. The van der Waals surface area contributed by atoms with E-state index < -0.39 is 0 Å². The zero-order valence-electron chi connectivity index (χ0n) is 12.6. The molecule has 1 N–H and O–H groups in total. The SMILES string of the molecule is COc1ccc(CCCCCNC(C)(C)C)cc1F. The molecule has 0 aliphatic heterocycles. The number of hydrogen-bond donors (Lipinski definition) is 1. The monoisotopic (exact) mass is 267 g/mol. The Balaban J connectivity index is 2.21. The van der Waals surface area contributed by atoms with Crippen molar-refractivity contribution < 1.29 is 9.13 Å². The fourth-order valence-corrected chi connectivity index (χ4v) is 1.96. The van der Waals surface area contributed by atoms with Gasteiger partial charge in [-0.2, -0.15) is 0 Å². The van der Waals surface area contributed by atoms with E-state index in [1.54, 1.807) is 12.1 Å². The van der Waals surface area contributed by atoms with E-state index in [1.807, 2.05) is 6.07 Å². The van der Waals surface area contributed by atoms with Crippen LogP contribution in [-0.4, -0.2) is 19.2 Å². The van der Waals surface area contributed by atoms with Crippen LogP contribution in [0.4, 0.5) is 4.39 Å². The lowest BCUT2D eigenvalue weighted by Gasteiger charge is -2.20. The van der Waals surface area contributed by atoms with Crippen LogP contribution >= 0.6 is 0 Å². The van der Waals surface area contributed by atoms with Gasteiger partial charge in [0, 0.05) is 5.54 Å². The van der Waals surface area contributed by atoms with E-state index in [0.717, 1.165) is 37.8 Å². The summed E-state index contributed by atoms with van der Waals surface area (Å²) >= 11 is 0. The summed E-state index contributed by atoms with van der Waals surface area (Å²) in [6, 6.07) is 5.22. The zero-order valence-corrected chi connectivity index (χ0v) is 12.6. The van der Waals surface area contributed by atoms with Gasteiger partial charge in [0.05, 0.1) is 7.11 Å². The average Bonchev–Trinajstić information content (AvgIpc) is 2.32. The van der Waals surface area contributed by atoms with Crippen LogP contribution in [0.2, 0.25) is 0 Å². The molecule has 0 fully saturated rings. The van der Waals surface area contributed by atoms with Crippen LogP contribution in [-0.2, 0) is 6.42 Å². The number of benzene rings is 1. The third-order valence-electron chi connectivity index (χ3n) is 3.01. The molecule has 0 unspecified atom stereocenters. The molecular formula is C16H26FNO. The Morgan fingerprint density at radius 2 is 1.89 bits per heavy atom. The molecular weight excluding hydrogens is 241 g/mol. The maximum absolute atomic E-state index is 13.5. The second kappa shape index (κ2) is 7.49. The number of hydrogen-bond acceptors (Lipinski definition) is 2.